The van der Waals surface area contributed by atoms with Crippen molar-refractivity contribution in [1.29, 1.82) is 0 Å². The number of phosphoric ester groups is 2. The first-order valence-electron chi connectivity index (χ1n) is 40.8. The first-order valence-corrected chi connectivity index (χ1v) is 43.8. The minimum absolute atomic E-state index is 0.0219. The second-order valence-corrected chi connectivity index (χ2v) is 30.3. The Morgan fingerprint density at radius 2 is 0.490 bits per heavy atom. The van der Waals surface area contributed by atoms with Crippen molar-refractivity contribution < 1.29 is 80.2 Å². The smallest absolute Gasteiger partial charge is 0.462 e. The third kappa shape index (κ3) is 74.5. The van der Waals surface area contributed by atoms with Gasteiger partial charge in [0.05, 0.1) is 26.4 Å². The molecule has 0 aliphatic rings. The molecule has 0 saturated heterocycles. The minimum Gasteiger partial charge on any atom is -0.462 e. The van der Waals surface area contributed by atoms with Crippen LogP contribution in [0.1, 0.15) is 362 Å². The van der Waals surface area contributed by atoms with E-state index in [0.29, 0.717) is 32.1 Å². The molecule has 0 amide bonds. The molecule has 0 bridgehead atoms. The molecular formula is C83H148O17P2. The Labute approximate surface area is 621 Å². The zero-order chi connectivity index (χ0) is 74.6. The van der Waals surface area contributed by atoms with Gasteiger partial charge in [-0.15, -0.1) is 0 Å². The fraction of sp³-hybridized carbons (Fsp3) is 0.783. The molecule has 0 aromatic carbocycles. The Bertz CT molecular complexity index is 2260. The van der Waals surface area contributed by atoms with Gasteiger partial charge in [-0.25, -0.2) is 9.13 Å². The molecule has 102 heavy (non-hydrogen) atoms. The Hall–Kier alpha value is -3.76. The maximum atomic E-state index is 13.1. The topological polar surface area (TPSA) is 237 Å². The quantitative estimate of drug-likeness (QED) is 0.0169. The standard InChI is InChI=1S/C83H148O17P2/c1-5-9-13-17-21-25-29-33-37-38-42-46-50-54-58-62-66-70-83(88)100-79(74-94-81(86)68-64-60-56-52-48-44-40-35-31-27-23-19-15-11-7-3)76-98-102(91,92)96-72-77(84)71-95-101(89,90)97-75-78(99-82(87)69-65-61-57-53-49-45-41-36-32-28-24-20-16-12-8-4)73-93-80(85)67-63-59-55-51-47-43-39-34-30-26-22-18-14-10-6-2/h21-22,25-26,33-34,36-37,39,41-42,46,54,58,77-79,84H,5-20,23-24,27-32,35,38,40,43-45,47-53,55-57,59-76H2,1-4H3,(H,89,90)(H,91,92)/b25-21-,26-22-,37-33-,39-34-,41-36-,46-42-,58-54-/t77-,78+,79+/m0/s1. The number of hydrogen-bond donors (Lipinski definition) is 3. The summed E-state index contributed by atoms with van der Waals surface area (Å²) >= 11 is 0. The monoisotopic (exact) mass is 1480 g/mol. The highest BCUT2D eigenvalue weighted by Gasteiger charge is 2.30. The van der Waals surface area contributed by atoms with E-state index < -0.39 is 97.5 Å². The van der Waals surface area contributed by atoms with Gasteiger partial charge in [0, 0.05) is 25.7 Å². The largest absolute Gasteiger partial charge is 0.472 e. The maximum Gasteiger partial charge on any atom is 0.472 e. The van der Waals surface area contributed by atoms with E-state index in [1.165, 1.54) is 148 Å². The van der Waals surface area contributed by atoms with Crippen molar-refractivity contribution in [2.75, 3.05) is 39.6 Å². The van der Waals surface area contributed by atoms with Crippen LogP contribution in [0.2, 0.25) is 0 Å². The van der Waals surface area contributed by atoms with Gasteiger partial charge < -0.3 is 33.8 Å². The van der Waals surface area contributed by atoms with Crippen LogP contribution in [0.3, 0.4) is 0 Å². The number of carbonyl (C=O) groups is 4. The average molecular weight is 1480 g/mol. The van der Waals surface area contributed by atoms with Gasteiger partial charge in [-0.05, 0) is 122 Å². The molecule has 17 nitrogen and oxygen atoms in total. The normalized spacial score (nSPS) is 14.3. The van der Waals surface area contributed by atoms with Crippen molar-refractivity contribution in [3.05, 3.63) is 85.1 Å². The fourth-order valence-electron chi connectivity index (χ4n) is 11.1. The zero-order valence-corrected chi connectivity index (χ0v) is 66.6. The maximum absolute atomic E-state index is 13.1. The molecule has 0 aliphatic carbocycles. The number of unbranched alkanes of at least 4 members (excludes halogenated alkanes) is 37. The van der Waals surface area contributed by atoms with E-state index in [0.717, 1.165) is 128 Å². The molecule has 3 N–H and O–H groups in total. The lowest BCUT2D eigenvalue weighted by Gasteiger charge is -2.21. The van der Waals surface area contributed by atoms with Crippen LogP contribution in [0.15, 0.2) is 85.1 Å². The second-order valence-electron chi connectivity index (χ2n) is 27.4. The van der Waals surface area contributed by atoms with Crippen molar-refractivity contribution in [2.45, 2.75) is 380 Å². The summed E-state index contributed by atoms with van der Waals surface area (Å²) in [4.78, 5) is 73.0. The summed E-state index contributed by atoms with van der Waals surface area (Å²) in [6.45, 7) is 4.79. The number of allylic oxidation sites excluding steroid dienone is 14. The number of ether oxygens (including phenoxy) is 4. The summed E-state index contributed by atoms with van der Waals surface area (Å²) in [5.41, 5.74) is 0. The number of rotatable bonds is 77. The van der Waals surface area contributed by atoms with E-state index in [1.54, 1.807) is 0 Å². The Balaban J connectivity index is 5.41. The molecule has 0 aromatic heterocycles. The van der Waals surface area contributed by atoms with Gasteiger partial charge in [0.15, 0.2) is 12.2 Å². The summed E-state index contributed by atoms with van der Waals surface area (Å²) in [6.07, 6.45) is 78.5. The van der Waals surface area contributed by atoms with Gasteiger partial charge in [-0.3, -0.25) is 37.3 Å². The van der Waals surface area contributed by atoms with Crippen molar-refractivity contribution in [3.63, 3.8) is 0 Å². The molecule has 0 fully saturated rings. The van der Waals surface area contributed by atoms with Crippen LogP contribution < -0.4 is 0 Å². The lowest BCUT2D eigenvalue weighted by molar-refractivity contribution is -0.161. The van der Waals surface area contributed by atoms with Gasteiger partial charge >= 0.3 is 39.5 Å². The molecule has 0 saturated carbocycles. The van der Waals surface area contributed by atoms with E-state index >= 15 is 0 Å². The Kier molecular flexibility index (Phi) is 72.7. The molecule has 0 aliphatic heterocycles. The van der Waals surface area contributed by atoms with Crippen molar-refractivity contribution in [3.8, 4) is 0 Å². The highest BCUT2D eigenvalue weighted by atomic mass is 31.2. The molecule has 0 radical (unpaired) electrons. The van der Waals surface area contributed by atoms with E-state index in [9.17, 15) is 43.2 Å². The molecule has 0 spiro atoms. The van der Waals surface area contributed by atoms with Crippen LogP contribution in [0.25, 0.3) is 0 Å². The van der Waals surface area contributed by atoms with Crippen LogP contribution in [-0.2, 0) is 65.4 Å². The molecule has 19 heteroatoms. The van der Waals surface area contributed by atoms with Gasteiger partial charge in [-0.2, -0.15) is 0 Å². The number of aliphatic hydroxyl groups is 1. The van der Waals surface area contributed by atoms with E-state index in [-0.39, 0.29) is 25.7 Å². The number of esters is 4. The van der Waals surface area contributed by atoms with Crippen LogP contribution >= 0.6 is 15.6 Å². The number of aliphatic hydroxyl groups excluding tert-OH is 1. The molecule has 5 atom stereocenters. The van der Waals surface area contributed by atoms with Gasteiger partial charge in [-0.1, -0.05) is 299 Å². The average Bonchev–Trinajstić information content (AvgIpc) is 0.917. The van der Waals surface area contributed by atoms with E-state index in [1.807, 2.05) is 12.2 Å². The molecule has 0 rings (SSSR count). The number of phosphoric acid groups is 2. The third-order valence-corrected chi connectivity index (χ3v) is 19.2. The molecule has 592 valence electrons. The Morgan fingerprint density at radius 3 is 0.804 bits per heavy atom. The van der Waals surface area contributed by atoms with Gasteiger partial charge in [0.25, 0.3) is 0 Å². The van der Waals surface area contributed by atoms with E-state index in [2.05, 4.69) is 101 Å². The van der Waals surface area contributed by atoms with Crippen LogP contribution in [-0.4, -0.2) is 96.7 Å². The highest BCUT2D eigenvalue weighted by molar-refractivity contribution is 7.47. The summed E-state index contributed by atoms with van der Waals surface area (Å²) in [7, 11) is -9.97. The highest BCUT2D eigenvalue weighted by Crippen LogP contribution is 2.45. The lowest BCUT2D eigenvalue weighted by atomic mass is 10.0. The first kappa shape index (κ1) is 98.2. The molecule has 0 heterocycles. The van der Waals surface area contributed by atoms with Gasteiger partial charge in [0.1, 0.15) is 19.3 Å². The van der Waals surface area contributed by atoms with Crippen LogP contribution in [0.5, 0.6) is 0 Å². The summed E-state index contributed by atoms with van der Waals surface area (Å²) < 4.78 is 68.6. The fourth-order valence-corrected chi connectivity index (χ4v) is 12.6. The first-order chi connectivity index (χ1) is 49.7. The summed E-state index contributed by atoms with van der Waals surface area (Å²) in [5.74, 6) is -2.24. The minimum atomic E-state index is -4.99. The third-order valence-electron chi connectivity index (χ3n) is 17.3. The Morgan fingerprint density at radius 1 is 0.275 bits per heavy atom. The van der Waals surface area contributed by atoms with Crippen LogP contribution in [0, 0.1) is 0 Å². The van der Waals surface area contributed by atoms with Crippen molar-refractivity contribution in [2.24, 2.45) is 0 Å². The number of hydrogen-bond acceptors (Lipinski definition) is 15. The van der Waals surface area contributed by atoms with Crippen molar-refractivity contribution >= 4 is 39.5 Å². The summed E-state index contributed by atoms with van der Waals surface area (Å²) in [5, 5.41) is 10.6. The zero-order valence-electron chi connectivity index (χ0n) is 64.8. The lowest BCUT2D eigenvalue weighted by Crippen LogP contribution is -2.30. The predicted octanol–water partition coefficient (Wildman–Crippen LogP) is 23.8. The SMILES string of the molecule is CCCCC/C=C\C/C=C\C/C=C\C/C=C\CCCC(=O)O[C@H](COC(=O)CCCCCCCCCCCCCCCCC)COP(=O)(O)OC[C@@H](O)COP(=O)(O)OC[C@@H](COC(=O)CCCCCCC/C=C\C/C=C\CCCCC)OC(=O)CCCCCCC/C=C\CCCCCCCC. The predicted molar refractivity (Wildman–Crippen MR) is 418 cm³/mol. The second kappa shape index (κ2) is 75.5. The molecule has 0 aromatic rings. The number of carbonyl (C=O) groups excluding carboxylic acids is 4. The van der Waals surface area contributed by atoms with Crippen molar-refractivity contribution in [1.82, 2.24) is 0 Å². The summed E-state index contributed by atoms with van der Waals surface area (Å²) in [6, 6.07) is 0. The van der Waals surface area contributed by atoms with Gasteiger partial charge in [0.2, 0.25) is 0 Å². The van der Waals surface area contributed by atoms with E-state index in [4.69, 9.17) is 37.0 Å². The molecular weight excluding hydrogens is 1330 g/mol. The molecule has 2 unspecified atom stereocenters. The van der Waals surface area contributed by atoms with Crippen LogP contribution in [0.4, 0.5) is 0 Å².